The lowest BCUT2D eigenvalue weighted by atomic mass is 10.2. The molecule has 0 radical (unpaired) electrons. The quantitative estimate of drug-likeness (QED) is 0.309. The Morgan fingerprint density at radius 2 is 1.52 bits per heavy atom. The van der Waals surface area contributed by atoms with E-state index < -0.39 is 5.97 Å². The molecule has 0 spiro atoms. The molecule has 0 amide bonds. The average Bonchev–Trinajstić information content (AvgIpc) is 2.41. The average molecular weight is 354 g/mol. The Balaban J connectivity index is 2.36. The van der Waals surface area contributed by atoms with Crippen LogP contribution in [0.25, 0.3) is 0 Å². The Bertz CT molecular complexity index is 494. The zero-order valence-corrected chi connectivity index (χ0v) is 13.7. The van der Waals surface area contributed by atoms with Crippen LogP contribution < -0.4 is 4.74 Å². The minimum atomic E-state index is -0.423. The van der Waals surface area contributed by atoms with Crippen molar-refractivity contribution in [2.75, 3.05) is 6.61 Å². The highest BCUT2D eigenvalue weighted by Crippen LogP contribution is 2.34. The summed E-state index contributed by atoms with van der Waals surface area (Å²) in [5.41, 5.74) is 0. The topological polar surface area (TPSA) is 52.6 Å². The van der Waals surface area contributed by atoms with Crippen molar-refractivity contribution in [1.29, 1.82) is 0 Å². The lowest BCUT2D eigenvalue weighted by molar-refractivity contribution is -0.143. The zero-order valence-electron chi connectivity index (χ0n) is 11.5. The summed E-state index contributed by atoms with van der Waals surface area (Å²) < 4.78 is 9.89. The summed E-state index contributed by atoms with van der Waals surface area (Å²) in [4.78, 5) is 22.7. The van der Waals surface area contributed by atoms with E-state index in [4.69, 9.17) is 44.3 Å². The predicted molar refractivity (Wildman–Crippen MR) is 82.2 cm³/mol. The normalized spacial score (nSPS) is 10.3. The Morgan fingerprint density at radius 3 is 2.05 bits per heavy atom. The van der Waals surface area contributed by atoms with E-state index in [0.29, 0.717) is 25.9 Å². The highest BCUT2D eigenvalue weighted by molar-refractivity contribution is 6.48. The lowest BCUT2D eigenvalue weighted by Gasteiger charge is -2.07. The summed E-state index contributed by atoms with van der Waals surface area (Å²) in [7, 11) is 0. The first-order valence-corrected chi connectivity index (χ1v) is 7.58. The van der Waals surface area contributed by atoms with Crippen LogP contribution in [0.1, 0.15) is 32.6 Å². The molecule has 0 bridgehead atoms. The lowest BCUT2D eigenvalue weighted by Crippen LogP contribution is -2.08. The third kappa shape index (κ3) is 6.55. The van der Waals surface area contributed by atoms with Gasteiger partial charge in [0.1, 0.15) is 5.75 Å². The first kappa shape index (κ1) is 18.1. The van der Waals surface area contributed by atoms with Crippen LogP contribution in [-0.4, -0.2) is 18.5 Å². The van der Waals surface area contributed by atoms with Gasteiger partial charge in [-0.2, -0.15) is 0 Å². The highest BCUT2D eigenvalue weighted by atomic mass is 35.5. The van der Waals surface area contributed by atoms with Crippen LogP contribution in [0.2, 0.25) is 15.1 Å². The Labute approximate surface area is 138 Å². The van der Waals surface area contributed by atoms with Crippen molar-refractivity contribution < 1.29 is 19.1 Å². The van der Waals surface area contributed by atoms with Crippen molar-refractivity contribution in [3.8, 4) is 5.75 Å². The zero-order chi connectivity index (χ0) is 15.8. The van der Waals surface area contributed by atoms with E-state index in [0.717, 1.165) is 0 Å². The van der Waals surface area contributed by atoms with Crippen LogP contribution in [0.5, 0.6) is 5.75 Å². The van der Waals surface area contributed by atoms with Gasteiger partial charge in [0.15, 0.2) is 0 Å². The minimum Gasteiger partial charge on any atom is -0.466 e. The summed E-state index contributed by atoms with van der Waals surface area (Å²) in [6.07, 6.45) is 1.58. The maximum absolute atomic E-state index is 11.6. The highest BCUT2D eigenvalue weighted by Gasteiger charge is 2.11. The Kier molecular flexibility index (Phi) is 7.86. The standard InChI is InChI=1S/C14H15Cl3O4/c1-2-20-12(18)5-3-4-6-13(19)21-9-7-10(15)14(17)11(16)8-9/h7-8H,2-6H2,1H3. The van der Waals surface area contributed by atoms with Gasteiger partial charge in [-0.15, -0.1) is 0 Å². The van der Waals surface area contributed by atoms with Gasteiger partial charge >= 0.3 is 11.9 Å². The second-order valence-electron chi connectivity index (χ2n) is 4.19. The fourth-order valence-corrected chi connectivity index (χ4v) is 2.12. The predicted octanol–water partition coefficient (Wildman–Crippen LogP) is 4.68. The molecule has 21 heavy (non-hydrogen) atoms. The van der Waals surface area contributed by atoms with Crippen molar-refractivity contribution >= 4 is 46.7 Å². The second-order valence-corrected chi connectivity index (χ2v) is 5.38. The van der Waals surface area contributed by atoms with Gasteiger partial charge < -0.3 is 9.47 Å². The van der Waals surface area contributed by atoms with E-state index in [1.165, 1.54) is 12.1 Å². The number of hydrogen-bond donors (Lipinski definition) is 0. The number of hydrogen-bond acceptors (Lipinski definition) is 4. The van der Waals surface area contributed by atoms with Crippen LogP contribution in [0.3, 0.4) is 0 Å². The first-order valence-electron chi connectivity index (χ1n) is 6.45. The molecule has 1 aromatic carbocycles. The van der Waals surface area contributed by atoms with Crippen molar-refractivity contribution in [3.63, 3.8) is 0 Å². The Hall–Kier alpha value is -0.970. The van der Waals surface area contributed by atoms with Gasteiger partial charge in [-0.05, 0) is 19.8 Å². The number of ether oxygens (including phenoxy) is 2. The van der Waals surface area contributed by atoms with E-state index in [2.05, 4.69) is 0 Å². The third-order valence-corrected chi connectivity index (χ3v) is 3.70. The molecule has 0 N–H and O–H groups in total. The maximum Gasteiger partial charge on any atom is 0.311 e. The third-order valence-electron chi connectivity index (χ3n) is 2.51. The van der Waals surface area contributed by atoms with Crippen LogP contribution >= 0.6 is 34.8 Å². The molecule has 0 atom stereocenters. The molecular weight excluding hydrogens is 339 g/mol. The van der Waals surface area contributed by atoms with Crippen LogP contribution in [-0.2, 0) is 14.3 Å². The summed E-state index contributed by atoms with van der Waals surface area (Å²) in [6.45, 7) is 2.11. The van der Waals surface area contributed by atoms with Crippen molar-refractivity contribution in [1.82, 2.24) is 0 Å². The van der Waals surface area contributed by atoms with Crippen LogP contribution in [0.15, 0.2) is 12.1 Å². The smallest absolute Gasteiger partial charge is 0.311 e. The van der Waals surface area contributed by atoms with E-state index in [9.17, 15) is 9.59 Å². The summed E-state index contributed by atoms with van der Waals surface area (Å²) in [5, 5.41) is 0.649. The molecule has 1 rings (SSSR count). The molecule has 0 unspecified atom stereocenters. The fraction of sp³-hybridized carbons (Fsp3) is 0.429. The van der Waals surface area contributed by atoms with E-state index >= 15 is 0 Å². The SMILES string of the molecule is CCOC(=O)CCCCC(=O)Oc1cc(Cl)c(Cl)c(Cl)c1. The van der Waals surface area contributed by atoms with Gasteiger partial charge in [0.25, 0.3) is 0 Å². The summed E-state index contributed by atoms with van der Waals surface area (Å²) >= 11 is 17.5. The summed E-state index contributed by atoms with van der Waals surface area (Å²) in [6, 6.07) is 2.85. The van der Waals surface area contributed by atoms with Crippen LogP contribution in [0.4, 0.5) is 0 Å². The molecule has 0 aliphatic carbocycles. The number of rotatable bonds is 7. The molecule has 0 aromatic heterocycles. The molecule has 116 valence electrons. The minimum absolute atomic E-state index is 0.192. The van der Waals surface area contributed by atoms with Gasteiger partial charge in [0.2, 0.25) is 0 Å². The number of carbonyl (C=O) groups excluding carboxylic acids is 2. The number of carbonyl (C=O) groups is 2. The second kappa shape index (κ2) is 9.13. The van der Waals surface area contributed by atoms with Gasteiger partial charge in [0.05, 0.1) is 21.7 Å². The summed E-state index contributed by atoms with van der Waals surface area (Å²) in [5.74, 6) is -0.444. The Morgan fingerprint density at radius 1 is 1.00 bits per heavy atom. The fourth-order valence-electron chi connectivity index (χ4n) is 1.55. The largest absolute Gasteiger partial charge is 0.466 e. The monoisotopic (exact) mass is 352 g/mol. The van der Waals surface area contributed by atoms with E-state index in [1.54, 1.807) is 6.92 Å². The molecule has 7 heteroatoms. The number of halogens is 3. The number of esters is 2. The molecule has 1 aromatic rings. The van der Waals surface area contributed by atoms with Crippen molar-refractivity contribution in [3.05, 3.63) is 27.2 Å². The first-order chi connectivity index (χ1) is 9.93. The molecule has 0 saturated carbocycles. The molecule has 0 saturated heterocycles. The molecule has 0 aliphatic heterocycles. The van der Waals surface area contributed by atoms with Crippen LogP contribution in [0, 0.1) is 0 Å². The van der Waals surface area contributed by atoms with Crippen molar-refractivity contribution in [2.24, 2.45) is 0 Å². The maximum atomic E-state index is 11.6. The van der Waals surface area contributed by atoms with Gasteiger partial charge in [-0.1, -0.05) is 34.8 Å². The van der Waals surface area contributed by atoms with E-state index in [1.807, 2.05) is 0 Å². The number of benzene rings is 1. The van der Waals surface area contributed by atoms with Crippen molar-refractivity contribution in [2.45, 2.75) is 32.6 Å². The molecule has 0 fully saturated rings. The molecule has 0 heterocycles. The molecule has 0 aliphatic rings. The molecule has 4 nitrogen and oxygen atoms in total. The number of unbranched alkanes of at least 4 members (excludes halogenated alkanes) is 1. The van der Waals surface area contributed by atoms with E-state index in [-0.39, 0.29) is 33.2 Å². The molecular formula is C14H15Cl3O4. The van der Waals surface area contributed by atoms with Gasteiger partial charge in [-0.25, -0.2) is 0 Å². The van der Waals surface area contributed by atoms with Gasteiger partial charge in [0, 0.05) is 25.0 Å². The van der Waals surface area contributed by atoms with Gasteiger partial charge in [-0.3, -0.25) is 9.59 Å².